The molecule has 0 aromatic carbocycles. The molecular formula is C6H10F3NO2. The number of hydrogen-bond acceptors (Lipinski definition) is 2. The lowest BCUT2D eigenvalue weighted by molar-refractivity contribution is -0.133. The van der Waals surface area contributed by atoms with Gasteiger partial charge in [-0.1, -0.05) is 0 Å². The maximum absolute atomic E-state index is 11.9. The Morgan fingerprint density at radius 2 is 2.08 bits per heavy atom. The minimum Gasteiger partial charge on any atom is -0.391 e. The molecule has 1 amide bonds. The Morgan fingerprint density at radius 1 is 1.58 bits per heavy atom. The number of carbonyl (C=O) groups excluding carboxylic acids is 1. The summed E-state index contributed by atoms with van der Waals surface area (Å²) < 4.78 is 35.1. The van der Waals surface area contributed by atoms with Gasteiger partial charge in [0, 0.05) is 0 Å². The first kappa shape index (κ1) is 11.2. The molecule has 0 saturated carbocycles. The molecule has 0 rings (SSSR count). The summed E-state index contributed by atoms with van der Waals surface area (Å²) in [4.78, 5) is 10.3. The van der Waals surface area contributed by atoms with Crippen molar-refractivity contribution in [2.75, 3.05) is 6.67 Å². The first-order chi connectivity index (χ1) is 5.49. The number of rotatable bonds is 4. The number of amides is 1. The second kappa shape index (κ2) is 4.97. The van der Waals surface area contributed by atoms with Crippen LogP contribution in [0.1, 0.15) is 6.92 Å². The van der Waals surface area contributed by atoms with E-state index in [1.165, 1.54) is 6.92 Å². The van der Waals surface area contributed by atoms with Crippen molar-refractivity contribution in [2.45, 2.75) is 25.5 Å². The highest BCUT2D eigenvalue weighted by atomic mass is 19.3. The molecule has 12 heavy (non-hydrogen) atoms. The van der Waals surface area contributed by atoms with Crippen LogP contribution >= 0.6 is 0 Å². The molecule has 0 bridgehead atoms. The molecule has 72 valence electrons. The molecule has 3 nitrogen and oxygen atoms in total. The van der Waals surface area contributed by atoms with Crippen LogP contribution < -0.4 is 5.32 Å². The van der Waals surface area contributed by atoms with Gasteiger partial charge in [0.05, 0.1) is 12.1 Å². The Labute approximate surface area is 67.6 Å². The average molecular weight is 185 g/mol. The van der Waals surface area contributed by atoms with Gasteiger partial charge in [-0.15, -0.1) is 0 Å². The van der Waals surface area contributed by atoms with Crippen LogP contribution in [0.25, 0.3) is 0 Å². The van der Waals surface area contributed by atoms with E-state index in [4.69, 9.17) is 5.11 Å². The zero-order chi connectivity index (χ0) is 9.72. The minimum absolute atomic E-state index is 1.07. The van der Waals surface area contributed by atoms with Crippen molar-refractivity contribution in [2.24, 2.45) is 0 Å². The molecule has 0 aliphatic carbocycles. The summed E-state index contributed by atoms with van der Waals surface area (Å²) in [7, 11) is 0. The average Bonchev–Trinajstić information content (AvgIpc) is 1.98. The third kappa shape index (κ3) is 3.56. The maximum Gasteiger partial charge on any atom is 0.315 e. The number of halogens is 3. The van der Waals surface area contributed by atoms with Crippen LogP contribution in [0.5, 0.6) is 0 Å². The molecule has 2 unspecified atom stereocenters. The Hall–Kier alpha value is -0.780. The highest BCUT2D eigenvalue weighted by molar-refractivity contribution is 5.79. The number of hydrogen-bond donors (Lipinski definition) is 2. The molecule has 6 heteroatoms. The fraction of sp³-hybridized carbons (Fsp3) is 0.833. The third-order valence-electron chi connectivity index (χ3n) is 1.27. The Kier molecular flexibility index (Phi) is 4.65. The van der Waals surface area contributed by atoms with Crippen LogP contribution in [0.2, 0.25) is 0 Å². The molecule has 0 heterocycles. The molecule has 2 N–H and O–H groups in total. The van der Waals surface area contributed by atoms with E-state index in [1.807, 2.05) is 0 Å². The third-order valence-corrected chi connectivity index (χ3v) is 1.27. The number of aliphatic hydroxyl groups excluding tert-OH is 1. The van der Waals surface area contributed by atoms with Gasteiger partial charge in [0.15, 0.2) is 0 Å². The van der Waals surface area contributed by atoms with Gasteiger partial charge < -0.3 is 10.4 Å². The van der Waals surface area contributed by atoms with E-state index in [0.29, 0.717) is 0 Å². The monoisotopic (exact) mass is 185 g/mol. The van der Waals surface area contributed by atoms with Gasteiger partial charge >= 0.3 is 6.43 Å². The second-order valence-electron chi connectivity index (χ2n) is 2.31. The van der Waals surface area contributed by atoms with Gasteiger partial charge in [-0.05, 0) is 6.92 Å². The van der Waals surface area contributed by atoms with Gasteiger partial charge in [-0.3, -0.25) is 4.79 Å². The first-order valence-electron chi connectivity index (χ1n) is 3.31. The van der Waals surface area contributed by atoms with Crippen molar-refractivity contribution >= 4 is 5.91 Å². The van der Waals surface area contributed by atoms with Crippen molar-refractivity contribution in [1.29, 1.82) is 0 Å². The standard InChI is InChI=1S/C6H10F3NO2/c1-3(11)4(2-7)10-6(12)5(8)9/h3-5,11H,2H2,1H3,(H,10,12). The molecule has 0 radical (unpaired) electrons. The Bertz CT molecular complexity index is 152. The molecule has 0 fully saturated rings. The minimum atomic E-state index is -3.18. The van der Waals surface area contributed by atoms with Crippen LogP contribution in [0.15, 0.2) is 0 Å². The van der Waals surface area contributed by atoms with Gasteiger partial charge in [0.25, 0.3) is 5.91 Å². The number of nitrogens with one attached hydrogen (secondary N) is 1. The van der Waals surface area contributed by atoms with Crippen molar-refractivity contribution in [3.63, 3.8) is 0 Å². The molecule has 0 aliphatic heterocycles. The zero-order valence-electron chi connectivity index (χ0n) is 6.43. The van der Waals surface area contributed by atoms with E-state index in [1.54, 1.807) is 5.32 Å². The second-order valence-corrected chi connectivity index (χ2v) is 2.31. The van der Waals surface area contributed by atoms with Crippen LogP contribution in [-0.2, 0) is 4.79 Å². The maximum atomic E-state index is 11.9. The highest BCUT2D eigenvalue weighted by Crippen LogP contribution is 1.97. The Balaban J connectivity index is 3.94. The van der Waals surface area contributed by atoms with Crippen LogP contribution in [0, 0.1) is 0 Å². The Morgan fingerprint density at radius 3 is 2.33 bits per heavy atom. The highest BCUT2D eigenvalue weighted by Gasteiger charge is 2.22. The summed E-state index contributed by atoms with van der Waals surface area (Å²) in [5, 5.41) is 10.4. The SMILES string of the molecule is CC(O)C(CF)NC(=O)C(F)F. The summed E-state index contributed by atoms with van der Waals surface area (Å²) >= 11 is 0. The fourth-order valence-electron chi connectivity index (χ4n) is 0.534. The summed E-state index contributed by atoms with van der Waals surface area (Å²) in [6.07, 6.45) is -4.37. The lowest BCUT2D eigenvalue weighted by Crippen LogP contribution is -2.45. The predicted molar refractivity (Wildman–Crippen MR) is 35.6 cm³/mol. The van der Waals surface area contributed by atoms with Crippen molar-refractivity contribution in [1.82, 2.24) is 5.32 Å². The summed E-state index contributed by atoms with van der Waals surface area (Å²) in [5.74, 6) is -1.57. The number of alkyl halides is 3. The van der Waals surface area contributed by atoms with Gasteiger partial charge in [0.1, 0.15) is 6.67 Å². The molecule has 0 spiro atoms. The van der Waals surface area contributed by atoms with E-state index >= 15 is 0 Å². The van der Waals surface area contributed by atoms with Crippen LogP contribution in [0.3, 0.4) is 0 Å². The first-order valence-corrected chi connectivity index (χ1v) is 3.31. The van der Waals surface area contributed by atoms with E-state index in [0.717, 1.165) is 0 Å². The molecule has 0 aromatic heterocycles. The van der Waals surface area contributed by atoms with Crippen molar-refractivity contribution in [3.05, 3.63) is 0 Å². The molecule has 0 aromatic rings. The molecule has 0 aliphatic rings. The lowest BCUT2D eigenvalue weighted by Gasteiger charge is -2.17. The topological polar surface area (TPSA) is 49.3 Å². The lowest BCUT2D eigenvalue weighted by atomic mass is 10.2. The van der Waals surface area contributed by atoms with E-state index < -0.39 is 31.2 Å². The predicted octanol–water partition coefficient (Wildman–Crippen LogP) is 0.0866. The van der Waals surface area contributed by atoms with Crippen molar-refractivity contribution < 1.29 is 23.1 Å². The van der Waals surface area contributed by atoms with Crippen LogP contribution in [0.4, 0.5) is 13.2 Å². The molecule has 2 atom stereocenters. The van der Waals surface area contributed by atoms with E-state index in [2.05, 4.69) is 0 Å². The van der Waals surface area contributed by atoms with Gasteiger partial charge in [-0.25, -0.2) is 4.39 Å². The summed E-state index contributed by atoms with van der Waals surface area (Å²) in [6, 6.07) is -1.26. The van der Waals surface area contributed by atoms with Crippen LogP contribution in [-0.4, -0.2) is 36.3 Å². The van der Waals surface area contributed by atoms with E-state index in [-0.39, 0.29) is 0 Å². The zero-order valence-corrected chi connectivity index (χ0v) is 6.43. The summed E-state index contributed by atoms with van der Waals surface area (Å²) in [6.45, 7) is 0.131. The number of aliphatic hydroxyl groups is 1. The molecular weight excluding hydrogens is 175 g/mol. The smallest absolute Gasteiger partial charge is 0.315 e. The summed E-state index contributed by atoms with van der Waals surface area (Å²) in [5.41, 5.74) is 0. The fourth-order valence-corrected chi connectivity index (χ4v) is 0.534. The van der Waals surface area contributed by atoms with Gasteiger partial charge in [-0.2, -0.15) is 8.78 Å². The van der Waals surface area contributed by atoms with Crippen molar-refractivity contribution in [3.8, 4) is 0 Å². The largest absolute Gasteiger partial charge is 0.391 e. The van der Waals surface area contributed by atoms with Gasteiger partial charge in [0.2, 0.25) is 0 Å². The molecule has 0 saturated heterocycles. The normalized spacial score (nSPS) is 15.8. The van der Waals surface area contributed by atoms with E-state index in [9.17, 15) is 18.0 Å². The number of carbonyl (C=O) groups is 1. The quantitative estimate of drug-likeness (QED) is 0.652.